The van der Waals surface area contributed by atoms with Gasteiger partial charge in [-0.05, 0) is 30.7 Å². The monoisotopic (exact) mass is 357 g/mol. The van der Waals surface area contributed by atoms with Gasteiger partial charge in [0.1, 0.15) is 12.4 Å². The summed E-state index contributed by atoms with van der Waals surface area (Å²) in [6.45, 7) is 3.20. The van der Waals surface area contributed by atoms with Gasteiger partial charge in [-0.15, -0.1) is 0 Å². The van der Waals surface area contributed by atoms with Crippen LogP contribution in [0.1, 0.15) is 19.4 Å². The number of nitrogens with one attached hydrogen (secondary N) is 2. The zero-order chi connectivity index (χ0) is 19.1. The molecule has 0 aliphatic carbocycles. The number of rotatable bonds is 7. The Labute approximate surface area is 150 Å². The van der Waals surface area contributed by atoms with Crippen molar-refractivity contribution in [2.45, 2.75) is 20.5 Å². The maximum atomic E-state index is 11.2. The molecule has 26 heavy (non-hydrogen) atoms. The molecule has 4 N–H and O–H groups in total. The Morgan fingerprint density at radius 2 is 1.96 bits per heavy atom. The van der Waals surface area contributed by atoms with Gasteiger partial charge in [-0.3, -0.25) is 14.9 Å². The van der Waals surface area contributed by atoms with E-state index < -0.39 is 4.92 Å². The van der Waals surface area contributed by atoms with E-state index in [1.807, 2.05) is 0 Å². The molecule has 0 unspecified atom stereocenters. The van der Waals surface area contributed by atoms with E-state index in [2.05, 4.69) is 15.6 Å². The average Bonchev–Trinajstić information content (AvgIpc) is 2.59. The second-order valence-corrected chi connectivity index (χ2v) is 5.46. The summed E-state index contributed by atoms with van der Waals surface area (Å²) >= 11 is 0. The topological polar surface area (TPSA) is 132 Å². The van der Waals surface area contributed by atoms with Crippen molar-refractivity contribution >= 4 is 29.0 Å². The summed E-state index contributed by atoms with van der Waals surface area (Å²) in [6, 6.07) is 9.78. The summed E-state index contributed by atoms with van der Waals surface area (Å²) in [5.41, 5.74) is 7.34. The van der Waals surface area contributed by atoms with E-state index in [9.17, 15) is 14.9 Å². The number of ether oxygens (including phenoxy) is 1. The van der Waals surface area contributed by atoms with Crippen LogP contribution in [0.5, 0.6) is 0 Å². The summed E-state index contributed by atoms with van der Waals surface area (Å²) in [5, 5.41) is 17.0. The van der Waals surface area contributed by atoms with Crippen molar-refractivity contribution in [1.82, 2.24) is 4.98 Å². The number of nitrogens with two attached hydrogens (primary N) is 1. The lowest BCUT2D eigenvalue weighted by Gasteiger charge is -2.09. The third-order valence-electron chi connectivity index (χ3n) is 3.18. The number of esters is 1. The van der Waals surface area contributed by atoms with Crippen molar-refractivity contribution in [1.29, 1.82) is 0 Å². The summed E-state index contributed by atoms with van der Waals surface area (Å²) < 4.78 is 4.91. The lowest BCUT2D eigenvalue weighted by atomic mass is 10.2. The summed E-state index contributed by atoms with van der Waals surface area (Å²) in [5.74, 6) is 0.142. The second-order valence-electron chi connectivity index (χ2n) is 5.46. The quantitative estimate of drug-likeness (QED) is 0.391. The standard InChI is InChI=1S/C17H19N5O4/c1-11(18)9-19-16-8-7-15(22(24)25)17(21-16)20-14-5-3-13(4-6-14)10-26-12(2)23/h3-9H,10,18H2,1-2H3,(H2,19,20,21)/b11-9-. The molecule has 2 aromatic rings. The lowest BCUT2D eigenvalue weighted by molar-refractivity contribution is -0.384. The molecule has 0 atom stereocenters. The van der Waals surface area contributed by atoms with E-state index in [-0.39, 0.29) is 24.1 Å². The van der Waals surface area contributed by atoms with Crippen molar-refractivity contribution in [2.75, 3.05) is 10.6 Å². The van der Waals surface area contributed by atoms with Gasteiger partial charge in [-0.1, -0.05) is 12.1 Å². The number of anilines is 3. The van der Waals surface area contributed by atoms with Crippen LogP contribution in [0.4, 0.5) is 23.0 Å². The minimum Gasteiger partial charge on any atom is -0.461 e. The Morgan fingerprint density at radius 1 is 1.27 bits per heavy atom. The van der Waals surface area contributed by atoms with Gasteiger partial charge < -0.3 is 21.1 Å². The van der Waals surface area contributed by atoms with Crippen molar-refractivity contribution in [3.63, 3.8) is 0 Å². The van der Waals surface area contributed by atoms with Crippen molar-refractivity contribution in [3.8, 4) is 0 Å². The van der Waals surface area contributed by atoms with E-state index in [4.69, 9.17) is 10.5 Å². The largest absolute Gasteiger partial charge is 0.461 e. The molecule has 1 heterocycles. The van der Waals surface area contributed by atoms with E-state index in [1.165, 1.54) is 19.1 Å². The van der Waals surface area contributed by atoms with Crippen LogP contribution in [-0.2, 0) is 16.1 Å². The number of aromatic nitrogens is 1. The molecular formula is C17H19N5O4. The molecule has 0 saturated carbocycles. The summed E-state index contributed by atoms with van der Waals surface area (Å²) in [6.07, 6.45) is 1.54. The first-order chi connectivity index (χ1) is 12.3. The van der Waals surface area contributed by atoms with Crippen LogP contribution < -0.4 is 16.4 Å². The fraction of sp³-hybridized carbons (Fsp3) is 0.176. The highest BCUT2D eigenvalue weighted by molar-refractivity contribution is 5.68. The van der Waals surface area contributed by atoms with Crippen LogP contribution in [0.15, 0.2) is 48.3 Å². The molecule has 9 nitrogen and oxygen atoms in total. The first kappa shape index (κ1) is 18.7. The van der Waals surface area contributed by atoms with Gasteiger partial charge in [0, 0.05) is 30.6 Å². The Kier molecular flexibility index (Phi) is 6.10. The molecule has 0 bridgehead atoms. The molecule has 0 aliphatic rings. The molecule has 2 rings (SSSR count). The van der Waals surface area contributed by atoms with Crippen molar-refractivity contribution in [3.05, 3.63) is 64.0 Å². The normalized spacial score (nSPS) is 10.9. The van der Waals surface area contributed by atoms with Gasteiger partial charge in [0.15, 0.2) is 0 Å². The maximum Gasteiger partial charge on any atom is 0.311 e. The molecular weight excluding hydrogens is 338 g/mol. The minimum atomic E-state index is -0.516. The van der Waals surface area contributed by atoms with Gasteiger partial charge in [0.05, 0.1) is 4.92 Å². The lowest BCUT2D eigenvalue weighted by Crippen LogP contribution is -2.03. The smallest absolute Gasteiger partial charge is 0.311 e. The first-order valence-electron chi connectivity index (χ1n) is 7.68. The molecule has 0 spiro atoms. The number of nitro groups is 1. The van der Waals surface area contributed by atoms with E-state index in [0.717, 1.165) is 5.56 Å². The molecule has 9 heteroatoms. The molecule has 1 aromatic heterocycles. The second kappa shape index (κ2) is 8.47. The van der Waals surface area contributed by atoms with Gasteiger partial charge in [-0.2, -0.15) is 0 Å². The highest BCUT2D eigenvalue weighted by Gasteiger charge is 2.16. The van der Waals surface area contributed by atoms with Gasteiger partial charge in [-0.25, -0.2) is 4.98 Å². The van der Waals surface area contributed by atoms with Crippen molar-refractivity contribution in [2.24, 2.45) is 5.73 Å². The molecule has 0 saturated heterocycles. The number of allylic oxidation sites excluding steroid dienone is 1. The Bertz CT molecular complexity index is 830. The zero-order valence-electron chi connectivity index (χ0n) is 14.4. The molecule has 0 radical (unpaired) electrons. The van der Waals surface area contributed by atoms with Gasteiger partial charge >= 0.3 is 11.7 Å². The predicted octanol–water partition coefficient (Wildman–Crippen LogP) is 3.03. The van der Waals surface area contributed by atoms with Gasteiger partial charge in [0.25, 0.3) is 0 Å². The minimum absolute atomic E-state index is 0.0933. The van der Waals surface area contributed by atoms with Crippen LogP contribution in [0.2, 0.25) is 0 Å². The third-order valence-corrected chi connectivity index (χ3v) is 3.18. The predicted molar refractivity (Wildman–Crippen MR) is 97.7 cm³/mol. The molecule has 0 aliphatic heterocycles. The highest BCUT2D eigenvalue weighted by Crippen LogP contribution is 2.27. The van der Waals surface area contributed by atoms with Crippen LogP contribution in [0.25, 0.3) is 0 Å². The average molecular weight is 357 g/mol. The summed E-state index contributed by atoms with van der Waals surface area (Å²) in [4.78, 5) is 25.7. The Balaban J connectivity index is 2.20. The maximum absolute atomic E-state index is 11.2. The van der Waals surface area contributed by atoms with E-state index >= 15 is 0 Å². The zero-order valence-corrected chi connectivity index (χ0v) is 14.4. The Hall–Kier alpha value is -3.62. The van der Waals surface area contributed by atoms with E-state index in [0.29, 0.717) is 17.2 Å². The number of benzene rings is 1. The van der Waals surface area contributed by atoms with Crippen LogP contribution in [-0.4, -0.2) is 15.9 Å². The number of carbonyl (C=O) groups is 1. The fourth-order valence-corrected chi connectivity index (χ4v) is 1.97. The highest BCUT2D eigenvalue weighted by atomic mass is 16.6. The van der Waals surface area contributed by atoms with Crippen LogP contribution in [0.3, 0.4) is 0 Å². The SMILES string of the molecule is CC(=O)OCc1ccc(Nc2nc(N/C=C(/C)N)ccc2[N+](=O)[O-])cc1. The Morgan fingerprint density at radius 3 is 2.54 bits per heavy atom. The van der Waals surface area contributed by atoms with Gasteiger partial charge in [0.2, 0.25) is 5.82 Å². The fourth-order valence-electron chi connectivity index (χ4n) is 1.97. The number of hydrogen-bond donors (Lipinski definition) is 3. The van der Waals surface area contributed by atoms with Crippen molar-refractivity contribution < 1.29 is 14.5 Å². The number of hydrogen-bond acceptors (Lipinski definition) is 8. The number of pyridine rings is 1. The molecule has 136 valence electrons. The van der Waals surface area contributed by atoms with E-state index in [1.54, 1.807) is 37.4 Å². The molecule has 0 amide bonds. The number of nitrogens with zero attached hydrogens (tertiary/aromatic N) is 2. The van der Waals surface area contributed by atoms with Crippen LogP contribution in [0, 0.1) is 10.1 Å². The number of carbonyl (C=O) groups excluding carboxylic acids is 1. The summed E-state index contributed by atoms with van der Waals surface area (Å²) in [7, 11) is 0. The molecule has 1 aromatic carbocycles. The van der Waals surface area contributed by atoms with Crippen LogP contribution >= 0.6 is 0 Å². The third kappa shape index (κ3) is 5.48. The molecule has 0 fully saturated rings. The first-order valence-corrected chi connectivity index (χ1v) is 7.68.